The predicted octanol–water partition coefficient (Wildman–Crippen LogP) is 5.69. The number of ether oxygens (including phenoxy) is 2. The van der Waals surface area contributed by atoms with Crippen LogP contribution in [-0.4, -0.2) is 79.9 Å². The Hall–Kier alpha value is -6.08. The maximum Gasteiger partial charge on any atom is 0.229 e. The molecule has 6 rings (SSSR count). The van der Waals surface area contributed by atoms with Gasteiger partial charge in [-0.2, -0.15) is 0 Å². The second-order valence-corrected chi connectivity index (χ2v) is 14.2. The SMILES string of the molecule is O=C(CCCOCCCO)CCC(=O)N1Cc2ccccc2C#Cc2ccccc21.O=C(CCOCCCO)NCCC(=O)N1Cc2ccccc2C#Cc2ccccc21. The summed E-state index contributed by atoms with van der Waals surface area (Å²) in [6.45, 7) is 3.05. The van der Waals surface area contributed by atoms with Gasteiger partial charge in [-0.1, -0.05) is 84.3 Å². The number of benzene rings is 4. The zero-order valence-corrected chi connectivity index (χ0v) is 34.0. The molecule has 2 aliphatic rings. The van der Waals surface area contributed by atoms with Crippen molar-refractivity contribution in [2.75, 3.05) is 56.0 Å². The molecule has 0 aromatic heterocycles. The minimum Gasteiger partial charge on any atom is -0.396 e. The maximum atomic E-state index is 13.1. The summed E-state index contributed by atoms with van der Waals surface area (Å²) < 4.78 is 10.6. The van der Waals surface area contributed by atoms with Crippen molar-refractivity contribution in [2.24, 2.45) is 0 Å². The number of hydrogen-bond acceptors (Lipinski definition) is 8. The average Bonchev–Trinajstić information content (AvgIpc) is 3.25. The first-order valence-corrected chi connectivity index (χ1v) is 20.5. The van der Waals surface area contributed by atoms with Crippen molar-refractivity contribution < 1.29 is 38.9 Å². The van der Waals surface area contributed by atoms with E-state index in [1.807, 2.05) is 97.1 Å². The highest BCUT2D eigenvalue weighted by molar-refractivity contribution is 5.97. The van der Waals surface area contributed by atoms with E-state index in [4.69, 9.17) is 19.7 Å². The lowest BCUT2D eigenvalue weighted by atomic mass is 10.0. The number of hydrogen-bond donors (Lipinski definition) is 3. The average molecular weight is 812 g/mol. The van der Waals surface area contributed by atoms with Gasteiger partial charge in [0.05, 0.1) is 31.1 Å². The topological polar surface area (TPSA) is 146 Å². The van der Waals surface area contributed by atoms with E-state index in [1.54, 1.807) is 9.80 Å². The summed E-state index contributed by atoms with van der Waals surface area (Å²) >= 11 is 0. The van der Waals surface area contributed by atoms with Gasteiger partial charge in [0, 0.05) is 93.9 Å². The van der Waals surface area contributed by atoms with Crippen LogP contribution in [0.1, 0.15) is 84.7 Å². The van der Waals surface area contributed by atoms with Gasteiger partial charge in [-0.25, -0.2) is 0 Å². The molecule has 2 heterocycles. The first-order chi connectivity index (χ1) is 29.4. The van der Waals surface area contributed by atoms with Crippen molar-refractivity contribution in [3.8, 4) is 23.7 Å². The van der Waals surface area contributed by atoms with Crippen LogP contribution < -0.4 is 15.1 Å². The van der Waals surface area contributed by atoms with Crippen LogP contribution in [-0.2, 0) is 41.7 Å². The van der Waals surface area contributed by atoms with Gasteiger partial charge in [-0.05, 0) is 66.8 Å². The first kappa shape index (κ1) is 45.0. The highest BCUT2D eigenvalue weighted by Crippen LogP contribution is 2.27. The molecule has 312 valence electrons. The van der Waals surface area contributed by atoms with Crippen molar-refractivity contribution in [1.29, 1.82) is 0 Å². The molecule has 3 amide bonds. The molecule has 0 saturated heterocycles. The normalized spacial score (nSPS) is 12.0. The van der Waals surface area contributed by atoms with E-state index in [0.717, 1.165) is 44.8 Å². The number of aliphatic hydroxyl groups excluding tert-OH is 2. The lowest BCUT2D eigenvalue weighted by molar-refractivity contribution is -0.124. The summed E-state index contributed by atoms with van der Waals surface area (Å²) in [5.74, 6) is 12.5. The smallest absolute Gasteiger partial charge is 0.229 e. The molecule has 11 nitrogen and oxygen atoms in total. The Kier molecular flexibility index (Phi) is 18.6. The molecule has 4 aromatic rings. The fraction of sp³-hybridized carbons (Fsp3) is 0.347. The zero-order valence-electron chi connectivity index (χ0n) is 34.0. The van der Waals surface area contributed by atoms with E-state index in [-0.39, 0.29) is 68.9 Å². The minimum absolute atomic E-state index is 0.0645. The summed E-state index contributed by atoms with van der Waals surface area (Å²) in [6.07, 6.45) is 3.02. The number of rotatable bonds is 19. The number of anilines is 2. The number of aliphatic hydroxyl groups is 2. The molecule has 60 heavy (non-hydrogen) atoms. The number of ketones is 1. The van der Waals surface area contributed by atoms with Gasteiger partial charge in [-0.3, -0.25) is 19.2 Å². The lowest BCUT2D eigenvalue weighted by Crippen LogP contribution is -2.35. The molecule has 2 aliphatic heterocycles. The third-order valence-electron chi connectivity index (χ3n) is 9.74. The van der Waals surface area contributed by atoms with Crippen molar-refractivity contribution in [3.05, 3.63) is 130 Å². The van der Waals surface area contributed by atoms with Gasteiger partial charge in [0.15, 0.2) is 0 Å². The quantitative estimate of drug-likeness (QED) is 0.0810. The molecule has 0 radical (unpaired) electrons. The van der Waals surface area contributed by atoms with Crippen LogP contribution in [0.2, 0.25) is 0 Å². The van der Waals surface area contributed by atoms with Crippen molar-refractivity contribution in [3.63, 3.8) is 0 Å². The Labute approximate surface area is 352 Å². The number of nitrogens with one attached hydrogen (secondary N) is 1. The molecule has 0 unspecified atom stereocenters. The minimum atomic E-state index is -0.156. The number of fused-ring (bicyclic) bond motifs is 4. The van der Waals surface area contributed by atoms with Gasteiger partial charge < -0.3 is 34.8 Å². The molecule has 0 fully saturated rings. The van der Waals surface area contributed by atoms with Crippen LogP contribution >= 0.6 is 0 Å². The molecular weight excluding hydrogens is 759 g/mol. The molecule has 11 heteroatoms. The Balaban J connectivity index is 0.000000228. The van der Waals surface area contributed by atoms with Crippen LogP contribution in [0.25, 0.3) is 0 Å². The van der Waals surface area contributed by atoms with E-state index >= 15 is 0 Å². The van der Waals surface area contributed by atoms with E-state index in [2.05, 4.69) is 29.0 Å². The van der Waals surface area contributed by atoms with Crippen molar-refractivity contribution >= 4 is 34.9 Å². The highest BCUT2D eigenvalue weighted by atomic mass is 16.5. The summed E-state index contributed by atoms with van der Waals surface area (Å²) in [5.41, 5.74) is 7.02. The van der Waals surface area contributed by atoms with Crippen LogP contribution in [0.4, 0.5) is 11.4 Å². The van der Waals surface area contributed by atoms with Gasteiger partial charge in [-0.15, -0.1) is 0 Å². The summed E-state index contributed by atoms with van der Waals surface area (Å²) in [4.78, 5) is 53.7. The van der Waals surface area contributed by atoms with E-state index in [9.17, 15) is 19.2 Å². The summed E-state index contributed by atoms with van der Waals surface area (Å²) in [5, 5.41) is 20.2. The van der Waals surface area contributed by atoms with E-state index in [1.165, 1.54) is 0 Å². The molecule has 0 bridgehead atoms. The second kappa shape index (κ2) is 24.8. The monoisotopic (exact) mass is 811 g/mol. The van der Waals surface area contributed by atoms with Crippen LogP contribution in [0.5, 0.6) is 0 Å². The zero-order chi connectivity index (χ0) is 42.4. The predicted molar refractivity (Wildman–Crippen MR) is 231 cm³/mol. The standard InChI is InChI=1S/C25H27NO4.C24H26N2O4/c27-16-6-18-30-17-5-10-23(28)14-15-25(29)26-19-22-9-2-1-7-20(22)12-13-21-8-3-4-11-24(21)26;27-15-5-16-30-17-13-23(28)25-14-12-24(29)26-18-21-8-2-1-6-19(21)10-11-20-7-3-4-9-22(20)26/h1-4,7-9,11,27H,5-6,10,14-19H2;1-4,6-9,27H,5,12-18H2,(H,25,28). The summed E-state index contributed by atoms with van der Waals surface area (Å²) in [6, 6.07) is 30.9. The molecule has 4 aromatic carbocycles. The number of carbonyl (C=O) groups excluding carboxylic acids is 4. The van der Waals surface area contributed by atoms with Crippen LogP contribution in [0, 0.1) is 23.7 Å². The number of nitrogens with zero attached hydrogens (tertiary/aromatic N) is 2. The Morgan fingerprint density at radius 2 is 0.967 bits per heavy atom. The maximum absolute atomic E-state index is 13.1. The van der Waals surface area contributed by atoms with Crippen molar-refractivity contribution in [1.82, 2.24) is 5.32 Å². The molecule has 0 saturated carbocycles. The molecule has 3 N–H and O–H groups in total. The first-order valence-electron chi connectivity index (χ1n) is 20.5. The third-order valence-corrected chi connectivity index (χ3v) is 9.74. The summed E-state index contributed by atoms with van der Waals surface area (Å²) in [7, 11) is 0. The lowest BCUT2D eigenvalue weighted by Gasteiger charge is -2.26. The molecule has 0 atom stereocenters. The number of carbonyl (C=O) groups is 4. The third kappa shape index (κ3) is 14.0. The van der Waals surface area contributed by atoms with Gasteiger partial charge in [0.2, 0.25) is 17.7 Å². The second-order valence-electron chi connectivity index (χ2n) is 14.2. The van der Waals surface area contributed by atoms with Crippen molar-refractivity contribution in [2.45, 2.75) is 64.5 Å². The van der Waals surface area contributed by atoms with Crippen LogP contribution in [0.15, 0.2) is 97.1 Å². The van der Waals surface area contributed by atoms with E-state index in [0.29, 0.717) is 65.2 Å². The fourth-order valence-electron chi connectivity index (χ4n) is 6.53. The Bertz CT molecular complexity index is 2200. The number of Topliss-reactive ketones (excluding diaryl/α,β-unsaturated/α-hetero) is 1. The van der Waals surface area contributed by atoms with Gasteiger partial charge >= 0.3 is 0 Å². The molecule has 0 spiro atoms. The fourth-order valence-corrected chi connectivity index (χ4v) is 6.53. The van der Waals surface area contributed by atoms with E-state index < -0.39 is 0 Å². The number of para-hydroxylation sites is 2. The van der Waals surface area contributed by atoms with Gasteiger partial charge in [0.25, 0.3) is 0 Å². The highest BCUT2D eigenvalue weighted by Gasteiger charge is 2.23. The van der Waals surface area contributed by atoms with Crippen LogP contribution in [0.3, 0.4) is 0 Å². The van der Waals surface area contributed by atoms with Gasteiger partial charge in [0.1, 0.15) is 5.78 Å². The largest absolute Gasteiger partial charge is 0.396 e. The molecule has 0 aliphatic carbocycles. The Morgan fingerprint density at radius 3 is 1.52 bits per heavy atom. The molecular formula is C49H53N3O8. The Morgan fingerprint density at radius 1 is 0.517 bits per heavy atom. The number of amides is 3.